The zero-order valence-electron chi connectivity index (χ0n) is 19.5. The van der Waals surface area contributed by atoms with E-state index >= 15 is 0 Å². The monoisotopic (exact) mass is 470 g/mol. The normalized spacial score (nSPS) is 13.2. The van der Waals surface area contributed by atoms with Crippen LogP contribution in [0.4, 0.5) is 10.5 Å². The number of carbonyl (C=O) groups is 2. The van der Waals surface area contributed by atoms with Gasteiger partial charge in [0.05, 0.1) is 25.2 Å². The van der Waals surface area contributed by atoms with Gasteiger partial charge in [-0.1, -0.05) is 12.1 Å². The molecule has 2 N–H and O–H groups in total. The first kappa shape index (κ1) is 24.8. The number of nitrogens with zero attached hydrogens (tertiary/aromatic N) is 2. The smallest absolute Gasteiger partial charge is 0.315 e. The second-order valence-electron chi connectivity index (χ2n) is 8.00. The summed E-state index contributed by atoms with van der Waals surface area (Å²) < 4.78 is 10.3. The Morgan fingerprint density at radius 1 is 1.00 bits per heavy atom. The first-order chi connectivity index (χ1) is 16.4. The fourth-order valence-corrected chi connectivity index (χ4v) is 3.88. The van der Waals surface area contributed by atoms with E-state index in [-0.39, 0.29) is 30.3 Å². The lowest BCUT2D eigenvalue weighted by Crippen LogP contribution is -2.36. The lowest BCUT2D eigenvalue weighted by molar-refractivity contribution is -0.385. The van der Waals surface area contributed by atoms with Gasteiger partial charge in [0.25, 0.3) is 11.6 Å². The largest absolute Gasteiger partial charge is 0.493 e. The minimum absolute atomic E-state index is 0.0428. The van der Waals surface area contributed by atoms with Gasteiger partial charge in [0.1, 0.15) is 0 Å². The quantitative estimate of drug-likeness (QED) is 0.428. The summed E-state index contributed by atoms with van der Waals surface area (Å²) in [5, 5.41) is 16.8. The maximum Gasteiger partial charge on any atom is 0.315 e. The highest BCUT2D eigenvalue weighted by molar-refractivity contribution is 5.94. The topological polar surface area (TPSA) is 123 Å². The number of urea groups is 1. The molecule has 0 aliphatic carbocycles. The first-order valence-corrected chi connectivity index (χ1v) is 11.2. The molecule has 0 radical (unpaired) electrons. The van der Waals surface area contributed by atoms with Crippen molar-refractivity contribution in [3.05, 3.63) is 63.2 Å². The summed E-state index contributed by atoms with van der Waals surface area (Å²) >= 11 is 0. The van der Waals surface area contributed by atoms with Gasteiger partial charge in [-0.15, -0.1) is 0 Å². The van der Waals surface area contributed by atoms with Crippen LogP contribution in [0.3, 0.4) is 0 Å². The van der Waals surface area contributed by atoms with E-state index in [9.17, 15) is 19.7 Å². The van der Waals surface area contributed by atoms with E-state index in [0.29, 0.717) is 23.4 Å². The van der Waals surface area contributed by atoms with Crippen molar-refractivity contribution < 1.29 is 24.0 Å². The van der Waals surface area contributed by atoms with Crippen LogP contribution >= 0.6 is 0 Å². The predicted molar refractivity (Wildman–Crippen MR) is 126 cm³/mol. The molecule has 0 unspecified atom stereocenters. The van der Waals surface area contributed by atoms with Gasteiger partial charge in [-0.25, -0.2) is 4.79 Å². The molecule has 1 heterocycles. The minimum atomic E-state index is -0.489. The number of methoxy groups -OCH3 is 2. The number of ether oxygens (including phenoxy) is 2. The van der Waals surface area contributed by atoms with Crippen molar-refractivity contribution in [2.75, 3.05) is 33.9 Å². The van der Waals surface area contributed by atoms with Gasteiger partial charge < -0.3 is 25.0 Å². The average Bonchev–Trinajstić information content (AvgIpc) is 2.87. The molecule has 1 aliphatic heterocycles. The fourth-order valence-electron chi connectivity index (χ4n) is 3.88. The second-order valence-corrected chi connectivity index (χ2v) is 8.00. The molecule has 0 atom stereocenters. The molecule has 3 amide bonds. The molecule has 0 aromatic heterocycles. The number of likely N-dealkylation sites (tertiary alicyclic amines) is 1. The number of carbonyl (C=O) groups excluding carboxylic acids is 2. The highest BCUT2D eigenvalue weighted by atomic mass is 16.6. The third-order valence-corrected chi connectivity index (χ3v) is 5.76. The number of nitro benzene ring substituents is 1. The van der Waals surface area contributed by atoms with Gasteiger partial charge >= 0.3 is 6.03 Å². The zero-order chi connectivity index (χ0) is 24.5. The molecule has 10 nitrogen and oxygen atoms in total. The molecule has 0 bridgehead atoms. The Balaban J connectivity index is 1.48. The first-order valence-electron chi connectivity index (χ1n) is 11.2. The minimum Gasteiger partial charge on any atom is -0.493 e. The van der Waals surface area contributed by atoms with Gasteiger partial charge in [0.15, 0.2) is 11.5 Å². The number of nitrogens with one attached hydrogen (secondary N) is 2. The molecular weight excluding hydrogens is 440 g/mol. The van der Waals surface area contributed by atoms with Crippen molar-refractivity contribution in [1.29, 1.82) is 0 Å². The number of nitro groups is 1. The lowest BCUT2D eigenvalue weighted by atomic mass is 10.1. The van der Waals surface area contributed by atoms with E-state index in [4.69, 9.17) is 9.47 Å². The third kappa shape index (κ3) is 6.37. The second kappa shape index (κ2) is 11.9. The van der Waals surface area contributed by atoms with E-state index in [2.05, 4.69) is 10.6 Å². The third-order valence-electron chi connectivity index (χ3n) is 5.76. The molecule has 1 fully saturated rings. The molecule has 2 aromatic rings. The van der Waals surface area contributed by atoms with Crippen LogP contribution in [0, 0.1) is 10.1 Å². The Bertz CT molecular complexity index is 1020. The Kier molecular flexibility index (Phi) is 8.66. The Morgan fingerprint density at radius 3 is 2.26 bits per heavy atom. The molecule has 0 saturated carbocycles. The van der Waals surface area contributed by atoms with Crippen molar-refractivity contribution >= 4 is 17.6 Å². The van der Waals surface area contributed by atoms with E-state index in [0.717, 1.165) is 31.5 Å². The lowest BCUT2D eigenvalue weighted by Gasteiger charge is -2.26. The van der Waals surface area contributed by atoms with Crippen molar-refractivity contribution in [2.24, 2.45) is 0 Å². The molecule has 2 aromatic carbocycles. The van der Waals surface area contributed by atoms with Crippen LogP contribution in [-0.2, 0) is 13.0 Å². The van der Waals surface area contributed by atoms with Crippen LogP contribution in [0.15, 0.2) is 36.4 Å². The molecule has 0 spiro atoms. The van der Waals surface area contributed by atoms with Crippen LogP contribution in [0.1, 0.15) is 40.7 Å². The van der Waals surface area contributed by atoms with Gasteiger partial charge in [0.2, 0.25) is 0 Å². The van der Waals surface area contributed by atoms with Gasteiger partial charge in [0, 0.05) is 37.3 Å². The number of benzene rings is 2. The Hall–Kier alpha value is -3.82. The van der Waals surface area contributed by atoms with Crippen LogP contribution in [0.2, 0.25) is 0 Å². The number of rotatable bonds is 9. The molecule has 10 heteroatoms. The fraction of sp³-hybridized carbons (Fsp3) is 0.417. The van der Waals surface area contributed by atoms with Crippen LogP contribution in [-0.4, -0.2) is 55.6 Å². The summed E-state index contributed by atoms with van der Waals surface area (Å²) in [4.78, 5) is 37.5. The van der Waals surface area contributed by atoms with E-state index < -0.39 is 11.0 Å². The standard InChI is InChI=1S/C24H30N4O6/c1-33-21-14-19(20(28(31)32)15-22(21)34-2)10-11-25-24(30)26-16-17-6-8-18(9-7-17)23(29)27-12-4-3-5-13-27/h6-9,14-15H,3-5,10-13,16H2,1-2H3,(H2,25,26,30). The van der Waals surface area contributed by atoms with Crippen LogP contribution in [0.25, 0.3) is 0 Å². The highest BCUT2D eigenvalue weighted by Gasteiger charge is 2.20. The Morgan fingerprint density at radius 2 is 1.65 bits per heavy atom. The van der Waals surface area contributed by atoms with Gasteiger partial charge in [-0.05, 0) is 49.4 Å². The highest BCUT2D eigenvalue weighted by Crippen LogP contribution is 2.34. The number of hydrogen-bond donors (Lipinski definition) is 2. The molecular formula is C24H30N4O6. The molecule has 1 aliphatic rings. The average molecular weight is 471 g/mol. The van der Waals surface area contributed by atoms with E-state index in [1.54, 1.807) is 18.2 Å². The summed E-state index contributed by atoms with van der Waals surface area (Å²) in [6.07, 6.45) is 3.50. The predicted octanol–water partition coefficient (Wildman–Crippen LogP) is 3.28. The molecule has 182 valence electrons. The maximum atomic E-state index is 12.5. The van der Waals surface area contributed by atoms with E-state index in [1.165, 1.54) is 26.7 Å². The van der Waals surface area contributed by atoms with Crippen molar-refractivity contribution in [3.63, 3.8) is 0 Å². The summed E-state index contributed by atoms with van der Waals surface area (Å²) in [5.41, 5.74) is 1.84. The summed E-state index contributed by atoms with van der Waals surface area (Å²) in [6, 6.07) is 9.67. The van der Waals surface area contributed by atoms with Crippen molar-refractivity contribution in [2.45, 2.75) is 32.2 Å². The van der Waals surface area contributed by atoms with Crippen molar-refractivity contribution in [3.8, 4) is 11.5 Å². The Labute approximate surface area is 198 Å². The number of hydrogen-bond acceptors (Lipinski definition) is 6. The number of amides is 3. The van der Waals surface area contributed by atoms with Gasteiger partial charge in [-0.3, -0.25) is 14.9 Å². The zero-order valence-corrected chi connectivity index (χ0v) is 19.5. The molecule has 3 rings (SSSR count). The van der Waals surface area contributed by atoms with Gasteiger partial charge in [-0.2, -0.15) is 0 Å². The SMILES string of the molecule is COc1cc(CCNC(=O)NCc2ccc(C(=O)N3CCCCC3)cc2)c([N+](=O)[O-])cc1OC. The number of piperidine rings is 1. The summed E-state index contributed by atoms with van der Waals surface area (Å²) in [5.74, 6) is 0.697. The van der Waals surface area contributed by atoms with Crippen LogP contribution < -0.4 is 20.1 Å². The van der Waals surface area contributed by atoms with E-state index in [1.807, 2.05) is 17.0 Å². The molecule has 1 saturated heterocycles. The van der Waals surface area contributed by atoms with Crippen molar-refractivity contribution in [1.82, 2.24) is 15.5 Å². The summed E-state index contributed by atoms with van der Waals surface area (Å²) in [6.45, 7) is 2.09. The molecule has 34 heavy (non-hydrogen) atoms. The maximum absolute atomic E-state index is 12.5. The summed E-state index contributed by atoms with van der Waals surface area (Å²) in [7, 11) is 2.86. The van der Waals surface area contributed by atoms with Crippen LogP contribution in [0.5, 0.6) is 11.5 Å².